The predicted molar refractivity (Wildman–Crippen MR) is 401 cm³/mol. The van der Waals surface area contributed by atoms with Crippen LogP contribution in [0.2, 0.25) is 0 Å². The maximum absolute atomic E-state index is 4.90. The number of pyridine rings is 8. The lowest BCUT2D eigenvalue weighted by molar-refractivity contribution is -0.660. The Kier molecular flexibility index (Phi) is 22.3. The predicted octanol–water partition coefficient (Wildman–Crippen LogP) is 19.6. The second-order valence-electron chi connectivity index (χ2n) is 26.4. The van der Waals surface area contributed by atoms with Crippen LogP contribution in [0.5, 0.6) is 0 Å². The highest BCUT2D eigenvalue weighted by atomic mass is 14.9. The van der Waals surface area contributed by atoms with Crippen molar-refractivity contribution in [2.75, 3.05) is 0 Å². The van der Waals surface area contributed by atoms with Crippen molar-refractivity contribution in [3.8, 4) is 101 Å². The summed E-state index contributed by atoms with van der Waals surface area (Å²) >= 11 is 0. The van der Waals surface area contributed by atoms with E-state index in [-0.39, 0.29) is 0 Å². The molecule has 0 saturated carbocycles. The van der Waals surface area contributed by atoms with E-state index >= 15 is 0 Å². The van der Waals surface area contributed by atoms with Crippen LogP contribution in [0, 0.1) is 62.3 Å². The molecule has 0 radical (unpaired) electrons. The lowest BCUT2D eigenvalue weighted by Gasteiger charge is -2.20. The molecule has 0 N–H and O–H groups in total. The minimum atomic E-state index is 0.470. The van der Waals surface area contributed by atoms with E-state index in [0.717, 1.165) is 22.6 Å². The van der Waals surface area contributed by atoms with Crippen LogP contribution in [0.3, 0.4) is 0 Å². The van der Waals surface area contributed by atoms with Gasteiger partial charge in [0.1, 0.15) is 28.2 Å². The number of hydrogen-bond donors (Lipinski definition) is 0. The molecule has 0 unspecified atom stereocenters. The molecule has 486 valence electrons. The zero-order valence-corrected chi connectivity index (χ0v) is 59.9. The van der Waals surface area contributed by atoms with Crippen LogP contribution in [0.1, 0.15) is 101 Å². The first-order valence-corrected chi connectivity index (χ1v) is 33.8. The highest BCUT2D eigenvalue weighted by Crippen LogP contribution is 2.39. The molecular formula is C89H94N8+4. The van der Waals surface area contributed by atoms with Gasteiger partial charge in [-0.15, -0.1) is 0 Å². The molecule has 0 amide bonds. The summed E-state index contributed by atoms with van der Waals surface area (Å²) in [6, 6.07) is 68.4. The Morgan fingerprint density at radius 3 is 1.08 bits per heavy atom. The summed E-state index contributed by atoms with van der Waals surface area (Å²) in [6.45, 7) is 28.4. The minimum Gasteiger partial charge on any atom is -0.264 e. The average molecular weight is 1280 g/mol. The smallest absolute Gasteiger partial charge is 0.214 e. The molecule has 0 fully saturated rings. The van der Waals surface area contributed by atoms with Crippen LogP contribution in [0.15, 0.2) is 250 Å². The number of rotatable bonds is 11. The van der Waals surface area contributed by atoms with Crippen LogP contribution < -0.4 is 18.3 Å². The fourth-order valence-corrected chi connectivity index (χ4v) is 13.2. The zero-order valence-electron chi connectivity index (χ0n) is 59.9. The number of hydrogen-bond acceptors (Lipinski definition) is 4. The topological polar surface area (TPSA) is 67.1 Å². The maximum Gasteiger partial charge on any atom is 0.214 e. The maximum atomic E-state index is 4.90. The molecular weight excluding hydrogens is 1180 g/mol. The quantitative estimate of drug-likeness (QED) is 0.121. The van der Waals surface area contributed by atoms with Crippen molar-refractivity contribution in [2.24, 2.45) is 28.2 Å². The van der Waals surface area contributed by atoms with Gasteiger partial charge in [-0.3, -0.25) is 19.9 Å². The molecule has 0 atom stereocenters. The second kappa shape index (κ2) is 31.2. The molecule has 5 aromatic carbocycles. The van der Waals surface area contributed by atoms with Gasteiger partial charge >= 0.3 is 0 Å². The van der Waals surface area contributed by atoms with Gasteiger partial charge in [0, 0.05) is 96.2 Å². The molecule has 0 spiro atoms. The molecule has 8 nitrogen and oxygen atoms in total. The first kappa shape index (κ1) is 69.1. The van der Waals surface area contributed by atoms with E-state index < -0.39 is 0 Å². The fourth-order valence-electron chi connectivity index (χ4n) is 13.2. The van der Waals surface area contributed by atoms with Gasteiger partial charge in [-0.2, -0.15) is 0 Å². The van der Waals surface area contributed by atoms with E-state index in [1.165, 1.54) is 140 Å². The molecule has 8 heterocycles. The van der Waals surface area contributed by atoms with E-state index in [9.17, 15) is 0 Å². The molecule has 97 heavy (non-hydrogen) atoms. The van der Waals surface area contributed by atoms with Crippen LogP contribution in [-0.4, -0.2) is 19.9 Å². The molecule has 13 aromatic rings. The third kappa shape index (κ3) is 15.8. The van der Waals surface area contributed by atoms with Gasteiger partial charge in [0.2, 0.25) is 22.8 Å². The van der Waals surface area contributed by atoms with E-state index in [0.29, 0.717) is 11.8 Å². The van der Waals surface area contributed by atoms with Crippen LogP contribution >= 0.6 is 0 Å². The molecule has 0 saturated heterocycles. The normalized spacial score (nSPS) is 10.9. The molecule has 0 aliphatic heterocycles. The van der Waals surface area contributed by atoms with Gasteiger partial charge in [0.05, 0.1) is 39.3 Å². The van der Waals surface area contributed by atoms with Gasteiger partial charge in [-0.05, 0) is 200 Å². The van der Waals surface area contributed by atoms with E-state index in [2.05, 4.69) is 348 Å². The molecule has 8 aromatic heterocycles. The SMILES string of the molecule is Cc1cc(-c2c(C(C)C)cccc2C(C)C)ncc1-c1cccc[n+]1C.Cc1cc(-c2c(C)cccc2-c2ccccc2)ncc1-c1cccc[n+]1C.Cc1cc(-c2c(C)cccc2C)ncc1-c1cccc[n+]1C.Cc1ccncc1-c1cc(-c2c(C)cccc2C)cc[n+]1C. The van der Waals surface area contributed by atoms with Gasteiger partial charge < -0.3 is 0 Å². The molecule has 0 aliphatic rings. The summed E-state index contributed by atoms with van der Waals surface area (Å²) < 4.78 is 8.56. The number of aromatic nitrogens is 8. The molecule has 8 heteroatoms. The Balaban J connectivity index is 0.000000141. The summed E-state index contributed by atoms with van der Waals surface area (Å²) in [7, 11) is 8.29. The second-order valence-corrected chi connectivity index (χ2v) is 26.4. The fraction of sp³-hybridized carbons (Fsp3) is 0.213. The summed E-state index contributed by atoms with van der Waals surface area (Å²) in [5.41, 5.74) is 35.5. The Labute approximate surface area is 577 Å². The largest absolute Gasteiger partial charge is 0.264 e. The van der Waals surface area contributed by atoms with E-state index in [4.69, 9.17) is 15.0 Å². The lowest BCUT2D eigenvalue weighted by Crippen LogP contribution is -2.30. The highest BCUT2D eigenvalue weighted by molar-refractivity contribution is 5.85. The standard InChI is InChI=1S/C25H23N2.C24H29N2.2C20H21N2/c1-18-10-9-13-21(20-11-5-4-6-12-20)25(18)23-16-19(2)22(17-26-23)24-14-7-8-15-27(24)3;1-16(2)19-10-9-11-20(17(3)4)24(19)22-14-18(5)21(15-25-22)23-12-7-8-13-26(23)6;1-14-8-7-9-15(2)20(14)18-12-16(3)17(13-21-18)19-10-5-6-11-22(19)4;1-14-8-10-21-13-18(14)19-12-17(9-11-22(19)4)20-15(2)6-5-7-16(20)3/h4-17H,1-3H3;7-17H,1-6H3;2*5-13H,1-4H3/q4*+1. The number of aryl methyl sites for hydroxylation is 13. The first-order valence-electron chi connectivity index (χ1n) is 33.8. The highest BCUT2D eigenvalue weighted by Gasteiger charge is 2.22. The van der Waals surface area contributed by atoms with Gasteiger partial charge in [0.15, 0.2) is 24.8 Å². The Hall–Kier alpha value is -10.7. The van der Waals surface area contributed by atoms with Crippen molar-refractivity contribution in [1.82, 2.24) is 19.9 Å². The van der Waals surface area contributed by atoms with Gasteiger partial charge in [0.25, 0.3) is 0 Å². The van der Waals surface area contributed by atoms with Crippen LogP contribution in [0.25, 0.3) is 101 Å². The third-order valence-electron chi connectivity index (χ3n) is 18.5. The summed E-state index contributed by atoms with van der Waals surface area (Å²) in [5, 5.41) is 0. The van der Waals surface area contributed by atoms with Gasteiger partial charge in [-0.1, -0.05) is 131 Å². The Morgan fingerprint density at radius 2 is 0.649 bits per heavy atom. The van der Waals surface area contributed by atoms with Crippen molar-refractivity contribution in [3.05, 3.63) is 311 Å². The van der Waals surface area contributed by atoms with Crippen LogP contribution in [-0.2, 0) is 28.2 Å². The minimum absolute atomic E-state index is 0.470. The summed E-state index contributed by atoms with van der Waals surface area (Å²) in [5.74, 6) is 0.940. The summed E-state index contributed by atoms with van der Waals surface area (Å²) in [4.78, 5) is 18.8. The van der Waals surface area contributed by atoms with E-state index in [1.807, 2.05) is 43.1 Å². The van der Waals surface area contributed by atoms with Crippen molar-refractivity contribution in [2.45, 2.75) is 102 Å². The van der Waals surface area contributed by atoms with Crippen molar-refractivity contribution < 1.29 is 18.3 Å². The molecule has 13 rings (SSSR count). The van der Waals surface area contributed by atoms with Crippen molar-refractivity contribution >= 4 is 0 Å². The van der Waals surface area contributed by atoms with Crippen LogP contribution in [0.4, 0.5) is 0 Å². The monoisotopic (exact) mass is 1270 g/mol. The zero-order chi connectivity index (χ0) is 69.0. The average Bonchev–Trinajstić information content (AvgIpc) is 0.856. The lowest BCUT2D eigenvalue weighted by atomic mass is 9.86. The van der Waals surface area contributed by atoms with Crippen molar-refractivity contribution in [3.63, 3.8) is 0 Å². The Morgan fingerprint density at radius 1 is 0.268 bits per heavy atom. The van der Waals surface area contributed by atoms with E-state index in [1.54, 1.807) is 0 Å². The Bertz CT molecular complexity index is 4860. The summed E-state index contributed by atoms with van der Waals surface area (Å²) in [6.07, 6.45) is 18.1. The molecule has 0 bridgehead atoms. The molecule has 0 aliphatic carbocycles. The van der Waals surface area contributed by atoms with Crippen molar-refractivity contribution in [1.29, 1.82) is 0 Å². The number of nitrogens with zero attached hydrogens (tertiary/aromatic N) is 8. The van der Waals surface area contributed by atoms with Gasteiger partial charge in [-0.25, -0.2) is 18.3 Å². The third-order valence-corrected chi connectivity index (χ3v) is 18.5. The number of benzene rings is 5. The first-order chi connectivity index (χ1) is 46.7.